The van der Waals surface area contributed by atoms with Gasteiger partial charge in [0.15, 0.2) is 23.0 Å². The maximum Gasteiger partial charge on any atom is 0.326 e. The third-order valence-electron chi connectivity index (χ3n) is 8.80. The Hall–Kier alpha value is -6.37. The minimum absolute atomic E-state index is 0.0324. The van der Waals surface area contributed by atoms with E-state index in [4.69, 9.17) is 18.9 Å². The molecule has 19 nitrogen and oxygen atoms in total. The van der Waals surface area contributed by atoms with Crippen molar-refractivity contribution in [1.29, 1.82) is 0 Å². The first-order chi connectivity index (χ1) is 28.9. The summed E-state index contributed by atoms with van der Waals surface area (Å²) < 4.78 is 20.5. The first kappa shape index (κ1) is 50.8. The third kappa shape index (κ3) is 18.6. The molecule has 0 saturated carbocycles. The van der Waals surface area contributed by atoms with Gasteiger partial charge in [-0.25, -0.2) is 9.86 Å². The van der Waals surface area contributed by atoms with Crippen LogP contribution < -0.4 is 34.9 Å². The van der Waals surface area contributed by atoms with Crippen LogP contribution in [0.15, 0.2) is 36.4 Å². The molecular weight excluding hydrogens is 800 g/mol. The van der Waals surface area contributed by atoms with E-state index in [9.17, 15) is 53.5 Å². The largest absolute Gasteiger partial charge is 0.480 e. The van der Waals surface area contributed by atoms with Crippen LogP contribution >= 0.6 is 0 Å². The van der Waals surface area contributed by atoms with Crippen molar-refractivity contribution < 1.29 is 72.4 Å². The third-order valence-corrected chi connectivity index (χ3v) is 8.80. The van der Waals surface area contributed by atoms with Gasteiger partial charge in [0.05, 0.1) is 11.1 Å². The number of hydrogen-bond acceptors (Lipinski definition) is 14. The number of carbonyl (C=O) groups is 9. The second-order valence-corrected chi connectivity index (χ2v) is 14.0. The van der Waals surface area contributed by atoms with Crippen molar-refractivity contribution in [3.63, 3.8) is 0 Å². The number of esters is 4. The van der Waals surface area contributed by atoms with Crippen molar-refractivity contribution in [2.45, 2.75) is 124 Å². The number of carboxylic acids is 1. The lowest BCUT2D eigenvalue weighted by Crippen LogP contribution is -2.52. The molecule has 0 aliphatic heterocycles. The number of benzene rings is 2. The van der Waals surface area contributed by atoms with Crippen LogP contribution in [-0.4, -0.2) is 94.0 Å². The Kier molecular flexibility index (Phi) is 22.2. The number of carbonyl (C=O) groups excluding carboxylic acids is 8. The number of hydroxylamine groups is 2. The van der Waals surface area contributed by atoms with Gasteiger partial charge >= 0.3 is 29.8 Å². The van der Waals surface area contributed by atoms with Crippen molar-refractivity contribution >= 4 is 53.5 Å². The first-order valence-corrected chi connectivity index (χ1v) is 20.1. The average Bonchev–Trinajstić information content (AvgIpc) is 3.18. The molecular formula is C42H56N4O15. The number of hydrogen-bond donors (Lipinski definition) is 5. The second-order valence-electron chi connectivity index (χ2n) is 14.0. The predicted octanol–water partition coefficient (Wildman–Crippen LogP) is 4.40. The van der Waals surface area contributed by atoms with Crippen molar-refractivity contribution in [2.24, 2.45) is 0 Å². The molecule has 0 aromatic heterocycles. The Balaban J connectivity index is 2.25. The molecule has 0 radical (unpaired) electrons. The number of rotatable bonds is 26. The molecule has 4 amide bonds. The fraction of sp³-hybridized carbons (Fsp3) is 0.500. The molecule has 2 atom stereocenters. The molecule has 2 aromatic carbocycles. The molecule has 2 rings (SSSR count). The highest BCUT2D eigenvalue weighted by Crippen LogP contribution is 2.33. The van der Waals surface area contributed by atoms with Gasteiger partial charge in [-0.3, -0.25) is 43.6 Å². The van der Waals surface area contributed by atoms with E-state index in [-0.39, 0.29) is 54.3 Å². The number of carboxylic acid groups (broad SMARTS) is 1. The monoisotopic (exact) mass is 856 g/mol. The number of para-hydroxylation sites is 2. The van der Waals surface area contributed by atoms with Gasteiger partial charge in [-0.15, -0.1) is 0 Å². The molecule has 0 fully saturated rings. The molecule has 0 heterocycles. The molecule has 5 N–H and O–H groups in total. The fourth-order valence-corrected chi connectivity index (χ4v) is 5.91. The van der Waals surface area contributed by atoms with Gasteiger partial charge in [-0.2, -0.15) is 0 Å². The zero-order chi connectivity index (χ0) is 45.5. The summed E-state index contributed by atoms with van der Waals surface area (Å²) in [6.07, 6.45) is 6.84. The second kappa shape index (κ2) is 26.7. The zero-order valence-corrected chi connectivity index (χ0v) is 35.2. The van der Waals surface area contributed by atoms with E-state index >= 15 is 0 Å². The maximum absolute atomic E-state index is 13.7. The summed E-state index contributed by atoms with van der Waals surface area (Å²) in [4.78, 5) is 113. The average molecular weight is 857 g/mol. The molecule has 334 valence electrons. The SMILES string of the molecule is CCCCCCCCCCN(O)C(=O)CCC(NC(=O)C(CCCNC(=O)c1cccc(OC(C)=O)c1OC(C)=O)NC(=O)c1cccc(OC(C)=O)c1OC(C)=O)C(=O)O. The summed E-state index contributed by atoms with van der Waals surface area (Å²) in [6, 6.07) is 4.67. The Morgan fingerprint density at radius 1 is 0.607 bits per heavy atom. The van der Waals surface area contributed by atoms with E-state index in [2.05, 4.69) is 22.9 Å². The van der Waals surface area contributed by atoms with Crippen LogP contribution in [0.4, 0.5) is 0 Å². The number of nitrogens with one attached hydrogen (secondary N) is 3. The Bertz CT molecular complexity index is 1880. The lowest BCUT2D eigenvalue weighted by atomic mass is 10.1. The van der Waals surface area contributed by atoms with Crippen LogP contribution in [0.2, 0.25) is 0 Å². The summed E-state index contributed by atoms with van der Waals surface area (Å²) >= 11 is 0. The van der Waals surface area contributed by atoms with Crippen molar-refractivity contribution in [2.75, 3.05) is 13.1 Å². The van der Waals surface area contributed by atoms with Crippen molar-refractivity contribution in [3.05, 3.63) is 47.5 Å². The number of ether oxygens (including phenoxy) is 4. The topological polar surface area (TPSA) is 270 Å². The highest BCUT2D eigenvalue weighted by molar-refractivity contribution is 6.02. The smallest absolute Gasteiger partial charge is 0.326 e. The number of amides is 4. The van der Waals surface area contributed by atoms with E-state index in [0.717, 1.165) is 66.2 Å². The van der Waals surface area contributed by atoms with Gasteiger partial charge in [0.1, 0.15) is 12.1 Å². The fourth-order valence-electron chi connectivity index (χ4n) is 5.91. The molecule has 0 bridgehead atoms. The molecule has 0 aliphatic rings. The number of nitrogens with zero attached hydrogens (tertiary/aromatic N) is 1. The summed E-state index contributed by atoms with van der Waals surface area (Å²) in [7, 11) is 0. The highest BCUT2D eigenvalue weighted by atomic mass is 16.6. The van der Waals surface area contributed by atoms with Gasteiger partial charge in [0.2, 0.25) is 11.8 Å². The normalized spacial score (nSPS) is 11.6. The van der Waals surface area contributed by atoms with Gasteiger partial charge < -0.3 is 40.0 Å². The number of unbranched alkanes of at least 4 members (excludes halogenated alkanes) is 7. The van der Waals surface area contributed by atoms with Crippen LogP contribution in [0.25, 0.3) is 0 Å². The summed E-state index contributed by atoms with van der Waals surface area (Å²) in [5, 5.41) is 28.1. The summed E-state index contributed by atoms with van der Waals surface area (Å²) in [5.41, 5.74) is -0.495. The minimum atomic E-state index is -1.64. The van der Waals surface area contributed by atoms with E-state index < -0.39 is 84.2 Å². The molecule has 0 spiro atoms. The van der Waals surface area contributed by atoms with Crippen molar-refractivity contribution in [3.8, 4) is 23.0 Å². The van der Waals surface area contributed by atoms with E-state index in [1.54, 1.807) is 0 Å². The Morgan fingerprint density at radius 2 is 1.10 bits per heavy atom. The van der Waals surface area contributed by atoms with Gasteiger partial charge in [0.25, 0.3) is 11.8 Å². The van der Waals surface area contributed by atoms with Crippen LogP contribution in [-0.2, 0) is 33.6 Å². The van der Waals surface area contributed by atoms with Gasteiger partial charge in [-0.1, -0.05) is 64.0 Å². The molecule has 2 unspecified atom stereocenters. The van der Waals surface area contributed by atoms with Crippen LogP contribution in [0.1, 0.15) is 132 Å². The Morgan fingerprint density at radius 3 is 1.59 bits per heavy atom. The summed E-state index contributed by atoms with van der Waals surface area (Å²) in [5.74, 6) is -9.43. The first-order valence-electron chi connectivity index (χ1n) is 20.1. The zero-order valence-electron chi connectivity index (χ0n) is 35.2. The van der Waals surface area contributed by atoms with E-state index in [1.165, 1.54) is 42.8 Å². The lowest BCUT2D eigenvalue weighted by molar-refractivity contribution is -0.166. The molecule has 0 aliphatic carbocycles. The molecule has 0 saturated heterocycles. The minimum Gasteiger partial charge on any atom is -0.480 e. The molecule has 61 heavy (non-hydrogen) atoms. The van der Waals surface area contributed by atoms with E-state index in [1.807, 2.05) is 0 Å². The predicted molar refractivity (Wildman–Crippen MR) is 216 cm³/mol. The Labute approximate surface area is 353 Å². The van der Waals surface area contributed by atoms with Crippen LogP contribution in [0.3, 0.4) is 0 Å². The van der Waals surface area contributed by atoms with E-state index in [0.29, 0.717) is 11.5 Å². The highest BCUT2D eigenvalue weighted by Gasteiger charge is 2.30. The standard InChI is InChI=1S/C42H56N4O15/c1-6-7-8-9-10-11-12-13-25-46(57)36(51)23-22-33(42(55)56)45-41(54)32(44-40(53)31-18-15-21-35(59-27(3)48)38(31)61-29(5)50)19-16-24-43-39(52)30-17-14-20-34(58-26(2)47)37(30)60-28(4)49/h14-15,17-18,20-21,32-33,57H,6-13,16,19,22-25H2,1-5H3,(H,43,52)(H,44,53)(H,45,54)(H,55,56). The maximum atomic E-state index is 13.7. The van der Waals surface area contributed by atoms with Gasteiger partial charge in [-0.05, 0) is 49.9 Å². The summed E-state index contributed by atoms with van der Waals surface area (Å²) in [6.45, 7) is 6.36. The quantitative estimate of drug-likeness (QED) is 0.0288. The van der Waals surface area contributed by atoms with Gasteiger partial charge in [0, 0.05) is 47.2 Å². The number of aliphatic carboxylic acids is 1. The van der Waals surface area contributed by atoms with Crippen LogP contribution in [0, 0.1) is 0 Å². The van der Waals surface area contributed by atoms with Crippen molar-refractivity contribution in [1.82, 2.24) is 21.0 Å². The molecule has 2 aromatic rings. The molecule has 19 heteroatoms. The lowest BCUT2D eigenvalue weighted by Gasteiger charge is -2.23. The van der Waals surface area contributed by atoms with Crippen LogP contribution in [0.5, 0.6) is 23.0 Å².